The quantitative estimate of drug-likeness (QED) is 0.583. The Labute approximate surface area is 187 Å². The lowest BCUT2D eigenvalue weighted by molar-refractivity contribution is 0.170. The highest BCUT2D eigenvalue weighted by Crippen LogP contribution is 2.31. The lowest BCUT2D eigenvalue weighted by atomic mass is 10.1. The molecule has 1 aliphatic heterocycles. The number of ether oxygens (including phenoxy) is 2. The summed E-state index contributed by atoms with van der Waals surface area (Å²) in [5.74, 6) is 2.26. The fourth-order valence-corrected chi connectivity index (χ4v) is 4.32. The van der Waals surface area contributed by atoms with Gasteiger partial charge in [-0.3, -0.25) is 9.36 Å². The first-order chi connectivity index (χ1) is 14.9. The lowest BCUT2D eigenvalue weighted by Gasteiger charge is -2.34. The van der Waals surface area contributed by atoms with Crippen LogP contribution in [0, 0.1) is 13.8 Å². The number of methoxy groups -OCH3 is 1. The number of benzene rings is 2. The highest BCUT2D eigenvalue weighted by molar-refractivity contribution is 6.33. The highest BCUT2D eigenvalue weighted by Gasteiger charge is 2.22. The molecule has 0 bridgehead atoms. The van der Waals surface area contributed by atoms with Gasteiger partial charge in [-0.15, -0.1) is 0 Å². The zero-order valence-electron chi connectivity index (χ0n) is 18.0. The Hall–Kier alpha value is -2.99. The second-order valence-electron chi connectivity index (χ2n) is 7.74. The number of aromatic nitrogens is 2. The molecule has 1 fully saturated rings. The predicted molar refractivity (Wildman–Crippen MR) is 123 cm³/mol. The summed E-state index contributed by atoms with van der Waals surface area (Å²) in [4.78, 5) is 19.1. The van der Waals surface area contributed by atoms with E-state index in [1.54, 1.807) is 11.7 Å². The van der Waals surface area contributed by atoms with Gasteiger partial charge in [-0.25, -0.2) is 4.98 Å². The van der Waals surface area contributed by atoms with Gasteiger partial charge in [-0.2, -0.15) is 0 Å². The smallest absolute Gasteiger partial charge is 0.258 e. The van der Waals surface area contributed by atoms with E-state index in [1.165, 1.54) is 6.07 Å². The molecule has 0 saturated carbocycles. The number of halogens is 1. The third-order valence-electron chi connectivity index (χ3n) is 5.53. The third kappa shape index (κ3) is 4.69. The topological polar surface area (TPSA) is 56.6 Å². The molecule has 31 heavy (non-hydrogen) atoms. The maximum atomic E-state index is 12.4. The summed E-state index contributed by atoms with van der Waals surface area (Å²) in [6.07, 6.45) is 1.95. The normalized spacial score (nSPS) is 14.5. The summed E-state index contributed by atoms with van der Waals surface area (Å²) in [5, 5.41) is 0.622. The molecule has 2 aromatic carbocycles. The van der Waals surface area contributed by atoms with Crippen LogP contribution >= 0.6 is 11.6 Å². The van der Waals surface area contributed by atoms with Crippen molar-refractivity contribution in [3.8, 4) is 17.2 Å². The molecule has 0 amide bonds. The zero-order valence-corrected chi connectivity index (χ0v) is 18.7. The van der Waals surface area contributed by atoms with E-state index in [-0.39, 0.29) is 11.7 Å². The standard InChI is InChI=1S/C24H26ClN3O3/c1-16-13-24(29)28(17(2)26-16)18-7-8-23(22(25)14-18)27-11-9-19(10-12-27)31-21-6-4-5-20(15-21)30-3/h4-8,13-15,19H,9-12H2,1-3H3. The van der Waals surface area contributed by atoms with Crippen LogP contribution in [0.25, 0.3) is 5.69 Å². The number of nitrogens with zero attached hydrogens (tertiary/aromatic N) is 3. The van der Waals surface area contributed by atoms with Gasteiger partial charge >= 0.3 is 0 Å². The van der Waals surface area contributed by atoms with Crippen molar-refractivity contribution in [3.05, 3.63) is 75.4 Å². The number of aryl methyl sites for hydroxylation is 2. The number of hydrogen-bond acceptors (Lipinski definition) is 5. The summed E-state index contributed by atoms with van der Waals surface area (Å²) in [6, 6.07) is 15.0. The molecular formula is C24H26ClN3O3. The van der Waals surface area contributed by atoms with Crippen molar-refractivity contribution in [2.24, 2.45) is 0 Å². The van der Waals surface area contributed by atoms with E-state index >= 15 is 0 Å². The fraction of sp³-hybridized carbons (Fsp3) is 0.333. The van der Waals surface area contributed by atoms with Crippen LogP contribution in [-0.2, 0) is 0 Å². The first-order valence-electron chi connectivity index (χ1n) is 10.4. The Kier molecular flexibility index (Phi) is 6.18. The zero-order chi connectivity index (χ0) is 22.0. The second kappa shape index (κ2) is 9.02. The van der Waals surface area contributed by atoms with Crippen molar-refractivity contribution in [3.63, 3.8) is 0 Å². The first-order valence-corrected chi connectivity index (χ1v) is 10.8. The molecule has 1 aromatic heterocycles. The maximum Gasteiger partial charge on any atom is 0.258 e. The molecule has 1 saturated heterocycles. The minimum absolute atomic E-state index is 0.107. The van der Waals surface area contributed by atoms with Crippen LogP contribution in [0.1, 0.15) is 24.4 Å². The van der Waals surface area contributed by atoms with E-state index in [0.29, 0.717) is 16.5 Å². The Morgan fingerprint density at radius 1 is 1.03 bits per heavy atom. The highest BCUT2D eigenvalue weighted by atomic mass is 35.5. The van der Waals surface area contributed by atoms with Gasteiger partial charge in [-0.1, -0.05) is 17.7 Å². The SMILES string of the molecule is COc1cccc(OC2CCN(c3ccc(-n4c(C)nc(C)cc4=O)cc3Cl)CC2)c1. The van der Waals surface area contributed by atoms with Crippen molar-refractivity contribution in [2.75, 3.05) is 25.1 Å². The van der Waals surface area contributed by atoms with E-state index in [9.17, 15) is 4.79 Å². The molecule has 6 nitrogen and oxygen atoms in total. The van der Waals surface area contributed by atoms with Crippen LogP contribution in [0.15, 0.2) is 53.3 Å². The Morgan fingerprint density at radius 3 is 2.45 bits per heavy atom. The monoisotopic (exact) mass is 439 g/mol. The minimum Gasteiger partial charge on any atom is -0.497 e. The number of piperidine rings is 1. The Balaban J connectivity index is 1.45. The number of anilines is 1. The largest absolute Gasteiger partial charge is 0.497 e. The van der Waals surface area contributed by atoms with Crippen LogP contribution in [0.5, 0.6) is 11.5 Å². The van der Waals surface area contributed by atoms with Crippen LogP contribution in [0.2, 0.25) is 5.02 Å². The molecule has 3 aromatic rings. The predicted octanol–water partition coefficient (Wildman–Crippen LogP) is 4.56. The molecule has 0 unspecified atom stereocenters. The van der Waals surface area contributed by atoms with Crippen LogP contribution < -0.4 is 19.9 Å². The van der Waals surface area contributed by atoms with Gasteiger partial charge in [0.1, 0.15) is 23.4 Å². The van der Waals surface area contributed by atoms with Gasteiger partial charge in [0.05, 0.1) is 23.5 Å². The number of rotatable bonds is 5. The van der Waals surface area contributed by atoms with E-state index in [2.05, 4.69) is 9.88 Å². The van der Waals surface area contributed by atoms with Gasteiger partial charge in [-0.05, 0) is 44.2 Å². The Morgan fingerprint density at radius 2 is 1.77 bits per heavy atom. The molecule has 0 atom stereocenters. The lowest BCUT2D eigenvalue weighted by Crippen LogP contribution is -2.38. The molecule has 7 heteroatoms. The summed E-state index contributed by atoms with van der Waals surface area (Å²) in [6.45, 7) is 5.33. The molecule has 0 spiro atoms. The second-order valence-corrected chi connectivity index (χ2v) is 8.14. The molecule has 0 radical (unpaired) electrons. The maximum absolute atomic E-state index is 12.4. The van der Waals surface area contributed by atoms with Crippen LogP contribution in [0.4, 0.5) is 5.69 Å². The molecule has 0 aliphatic carbocycles. The minimum atomic E-state index is -0.107. The van der Waals surface area contributed by atoms with E-state index in [1.807, 2.05) is 56.3 Å². The summed E-state index contributed by atoms with van der Waals surface area (Å²) < 4.78 is 13.0. The van der Waals surface area contributed by atoms with E-state index in [4.69, 9.17) is 21.1 Å². The average molecular weight is 440 g/mol. The van der Waals surface area contributed by atoms with E-state index in [0.717, 1.165) is 48.8 Å². The van der Waals surface area contributed by atoms with E-state index < -0.39 is 0 Å². The van der Waals surface area contributed by atoms with Crippen molar-refractivity contribution in [1.29, 1.82) is 0 Å². The summed E-state index contributed by atoms with van der Waals surface area (Å²) >= 11 is 6.63. The molecule has 4 rings (SSSR count). The third-order valence-corrected chi connectivity index (χ3v) is 5.83. The van der Waals surface area contributed by atoms with Crippen molar-refractivity contribution >= 4 is 17.3 Å². The molecule has 0 N–H and O–H groups in total. The molecular weight excluding hydrogens is 414 g/mol. The van der Waals surface area contributed by atoms with Crippen LogP contribution in [-0.4, -0.2) is 35.9 Å². The van der Waals surface area contributed by atoms with Gasteiger partial charge in [0.25, 0.3) is 5.56 Å². The van der Waals surface area contributed by atoms with Gasteiger partial charge < -0.3 is 14.4 Å². The van der Waals surface area contributed by atoms with Crippen molar-refractivity contribution < 1.29 is 9.47 Å². The number of hydrogen-bond donors (Lipinski definition) is 0. The van der Waals surface area contributed by atoms with Crippen molar-refractivity contribution in [1.82, 2.24) is 9.55 Å². The van der Waals surface area contributed by atoms with Crippen molar-refractivity contribution in [2.45, 2.75) is 32.8 Å². The first kappa shape index (κ1) is 21.2. The molecule has 1 aliphatic rings. The summed E-state index contributed by atoms with van der Waals surface area (Å²) in [5.41, 5.74) is 2.29. The fourth-order valence-electron chi connectivity index (χ4n) is 4.03. The van der Waals surface area contributed by atoms with Crippen LogP contribution in [0.3, 0.4) is 0 Å². The summed E-state index contributed by atoms with van der Waals surface area (Å²) in [7, 11) is 1.65. The molecule has 2 heterocycles. The van der Waals surface area contributed by atoms with Gasteiger partial charge in [0.2, 0.25) is 0 Å². The Bertz CT molecular complexity index is 1140. The van der Waals surface area contributed by atoms with Gasteiger partial charge in [0.15, 0.2) is 0 Å². The molecule has 162 valence electrons. The average Bonchev–Trinajstić information content (AvgIpc) is 2.74. The van der Waals surface area contributed by atoms with Gasteiger partial charge in [0, 0.05) is 43.8 Å².